The molecule has 0 bridgehead atoms. The van der Waals surface area contributed by atoms with Crippen molar-refractivity contribution >= 4 is 17.1 Å². The molecule has 1 unspecified atom stereocenters. The summed E-state index contributed by atoms with van der Waals surface area (Å²) in [5.74, 6) is 0.222. The molecule has 0 aliphatic rings. The number of unbranched alkanes of at least 4 members (excludes halogenated alkanes) is 1. The number of carbonyl (C=O) groups is 1. The van der Waals surface area contributed by atoms with Gasteiger partial charge in [0, 0.05) is 7.05 Å². The van der Waals surface area contributed by atoms with Gasteiger partial charge in [-0.1, -0.05) is 20.3 Å². The number of carbonyl (C=O) groups excluding carboxylic acids is 1. The highest BCUT2D eigenvalue weighted by molar-refractivity contribution is 5.79. The Morgan fingerprint density at radius 2 is 1.96 bits per heavy atom. The van der Waals surface area contributed by atoms with Crippen LogP contribution < -0.4 is 16.1 Å². The maximum absolute atomic E-state index is 12.6. The lowest BCUT2D eigenvalue weighted by molar-refractivity contribution is -0.913. The molecule has 0 radical (unpaired) electrons. The normalized spacial score (nSPS) is 13.6. The summed E-state index contributed by atoms with van der Waals surface area (Å²) in [5, 5.41) is 0. The Morgan fingerprint density at radius 1 is 1.25 bits per heavy atom. The summed E-state index contributed by atoms with van der Waals surface area (Å²) in [6, 6.07) is -0.664. The fourth-order valence-corrected chi connectivity index (χ4v) is 3.44. The van der Waals surface area contributed by atoms with Crippen LogP contribution in [0.2, 0.25) is 0 Å². The zero-order valence-corrected chi connectivity index (χ0v) is 17.5. The molecule has 0 aliphatic heterocycles. The molecule has 0 aromatic carbocycles. The Kier molecular flexibility index (Phi) is 7.56. The molecule has 0 saturated carbocycles. The summed E-state index contributed by atoms with van der Waals surface area (Å²) in [6.45, 7) is 10.6. The van der Waals surface area contributed by atoms with Crippen LogP contribution in [0.1, 0.15) is 58.8 Å². The molecule has 0 fully saturated rings. The minimum Gasteiger partial charge on any atom is -0.464 e. The van der Waals surface area contributed by atoms with Crippen molar-refractivity contribution < 1.29 is 14.4 Å². The highest BCUT2D eigenvalue weighted by Crippen LogP contribution is 2.21. The molecule has 2 N–H and O–H groups in total. The average Bonchev–Trinajstić information content (AvgIpc) is 3.03. The first-order chi connectivity index (χ1) is 13.4. The summed E-state index contributed by atoms with van der Waals surface area (Å²) >= 11 is 0. The number of nitrogens with one attached hydrogen (secondary N) is 2. The minimum atomic E-state index is -0.664. The van der Waals surface area contributed by atoms with E-state index in [1.807, 2.05) is 6.92 Å². The number of hydrogen-bond acceptors (Lipinski definition) is 5. The van der Waals surface area contributed by atoms with Gasteiger partial charge in [-0.25, -0.2) is 14.6 Å². The second-order valence-corrected chi connectivity index (χ2v) is 6.95. The van der Waals surface area contributed by atoms with Crippen molar-refractivity contribution in [1.29, 1.82) is 0 Å². The monoisotopic (exact) mass is 394 g/mol. The van der Waals surface area contributed by atoms with Crippen LogP contribution in [0.5, 0.6) is 0 Å². The smallest absolute Gasteiger partial charge is 0.329 e. The number of aromatic amines is 1. The van der Waals surface area contributed by atoms with Gasteiger partial charge in [0.1, 0.15) is 12.6 Å². The highest BCUT2D eigenvalue weighted by Gasteiger charge is 2.29. The third kappa shape index (κ3) is 4.35. The molecular formula is C19H32N5O4+. The molecule has 9 nitrogen and oxygen atoms in total. The SMILES string of the molecule is CCCC[NH+](CC)Cc1nc2c(c(=O)[nH]c(=O)n2C)n1[C@H](CC)C(=O)OCC. The molecule has 2 aromatic rings. The third-order valence-electron chi connectivity index (χ3n) is 5.07. The summed E-state index contributed by atoms with van der Waals surface area (Å²) in [6.07, 6.45) is 2.63. The zero-order valence-electron chi connectivity index (χ0n) is 17.5. The van der Waals surface area contributed by atoms with E-state index in [1.165, 1.54) is 9.47 Å². The van der Waals surface area contributed by atoms with Gasteiger partial charge in [-0.3, -0.25) is 14.3 Å². The molecule has 9 heteroatoms. The maximum Gasteiger partial charge on any atom is 0.329 e. The Morgan fingerprint density at radius 3 is 2.54 bits per heavy atom. The van der Waals surface area contributed by atoms with Crippen LogP contribution in [-0.2, 0) is 23.1 Å². The van der Waals surface area contributed by atoms with Crippen LogP contribution in [0, 0.1) is 0 Å². The van der Waals surface area contributed by atoms with Crippen molar-refractivity contribution in [2.45, 2.75) is 59.5 Å². The van der Waals surface area contributed by atoms with Crippen molar-refractivity contribution in [2.75, 3.05) is 19.7 Å². The number of H-pyrrole nitrogens is 1. The van der Waals surface area contributed by atoms with Crippen molar-refractivity contribution in [2.24, 2.45) is 7.05 Å². The molecular weight excluding hydrogens is 362 g/mol. The average molecular weight is 394 g/mol. The van der Waals surface area contributed by atoms with E-state index in [1.54, 1.807) is 18.5 Å². The number of esters is 1. The van der Waals surface area contributed by atoms with Gasteiger partial charge >= 0.3 is 11.7 Å². The number of fused-ring (bicyclic) bond motifs is 1. The van der Waals surface area contributed by atoms with Gasteiger partial charge in [-0.05, 0) is 26.7 Å². The van der Waals surface area contributed by atoms with Gasteiger partial charge in [-0.2, -0.15) is 0 Å². The van der Waals surface area contributed by atoms with Crippen molar-refractivity contribution in [1.82, 2.24) is 19.1 Å². The molecule has 28 heavy (non-hydrogen) atoms. The van der Waals surface area contributed by atoms with Gasteiger partial charge in [0.25, 0.3) is 5.56 Å². The zero-order chi connectivity index (χ0) is 20.8. The molecule has 2 atom stereocenters. The number of ether oxygens (including phenoxy) is 1. The van der Waals surface area contributed by atoms with E-state index in [0.29, 0.717) is 18.8 Å². The Bertz CT molecular complexity index is 927. The standard InChI is InChI=1S/C19H31N5O4/c1-6-10-11-23(8-3)12-14-20-16-15(17(25)21-19(27)22(16)5)24(14)13(7-2)18(26)28-9-4/h13H,6-12H2,1-5H3,(H,21,25,27)/p+1/t13-/m1/s1. The molecule has 0 spiro atoms. The second kappa shape index (κ2) is 9.68. The number of nitrogens with zero attached hydrogens (tertiary/aromatic N) is 3. The van der Waals surface area contributed by atoms with E-state index in [4.69, 9.17) is 4.74 Å². The van der Waals surface area contributed by atoms with Gasteiger partial charge < -0.3 is 14.2 Å². The molecule has 0 amide bonds. The van der Waals surface area contributed by atoms with E-state index < -0.39 is 23.3 Å². The molecule has 2 rings (SSSR count). The van der Waals surface area contributed by atoms with Crippen LogP contribution in [0.3, 0.4) is 0 Å². The number of quaternary nitrogens is 1. The van der Waals surface area contributed by atoms with Crippen LogP contribution in [0.25, 0.3) is 11.2 Å². The maximum atomic E-state index is 12.6. The molecule has 2 heterocycles. The number of hydrogen-bond donors (Lipinski definition) is 2. The minimum absolute atomic E-state index is 0.239. The highest BCUT2D eigenvalue weighted by atomic mass is 16.5. The van der Waals surface area contributed by atoms with E-state index >= 15 is 0 Å². The number of imidazole rings is 1. The Hall–Kier alpha value is -2.42. The first-order valence-corrected chi connectivity index (χ1v) is 10.1. The summed E-state index contributed by atoms with van der Waals surface area (Å²) in [7, 11) is 1.56. The fourth-order valence-electron chi connectivity index (χ4n) is 3.44. The van der Waals surface area contributed by atoms with Gasteiger partial charge in [-0.15, -0.1) is 0 Å². The molecule has 156 valence electrons. The van der Waals surface area contributed by atoms with Crippen molar-refractivity contribution in [3.63, 3.8) is 0 Å². The molecule has 2 aromatic heterocycles. The lowest BCUT2D eigenvalue weighted by Gasteiger charge is -2.21. The summed E-state index contributed by atoms with van der Waals surface area (Å²) < 4.78 is 8.22. The second-order valence-electron chi connectivity index (χ2n) is 6.95. The number of aromatic nitrogens is 4. The van der Waals surface area contributed by atoms with Crippen LogP contribution >= 0.6 is 0 Å². The van der Waals surface area contributed by atoms with Crippen molar-refractivity contribution in [3.8, 4) is 0 Å². The van der Waals surface area contributed by atoms with Crippen LogP contribution in [0.15, 0.2) is 9.59 Å². The lowest BCUT2D eigenvalue weighted by atomic mass is 10.2. The van der Waals surface area contributed by atoms with E-state index in [-0.39, 0.29) is 17.8 Å². The predicted molar refractivity (Wildman–Crippen MR) is 107 cm³/mol. The molecule has 0 saturated heterocycles. The largest absolute Gasteiger partial charge is 0.464 e. The molecule has 0 aliphatic carbocycles. The first-order valence-electron chi connectivity index (χ1n) is 10.1. The number of aryl methyl sites for hydroxylation is 1. The number of rotatable bonds is 10. The summed E-state index contributed by atoms with van der Waals surface area (Å²) in [5.41, 5.74) is -0.532. The van der Waals surface area contributed by atoms with E-state index in [0.717, 1.165) is 25.9 Å². The Balaban J connectivity index is 2.69. The fraction of sp³-hybridized carbons (Fsp3) is 0.684. The predicted octanol–water partition coefficient (Wildman–Crippen LogP) is 0.142. The lowest BCUT2D eigenvalue weighted by Crippen LogP contribution is -3.10. The van der Waals surface area contributed by atoms with E-state index in [9.17, 15) is 14.4 Å². The topological polar surface area (TPSA) is 103 Å². The first kappa shape index (κ1) is 21.9. The van der Waals surface area contributed by atoms with Gasteiger partial charge in [0.15, 0.2) is 17.0 Å². The Labute approximate surface area is 164 Å². The van der Waals surface area contributed by atoms with Crippen molar-refractivity contribution in [3.05, 3.63) is 26.7 Å². The van der Waals surface area contributed by atoms with Gasteiger partial charge in [0.05, 0.1) is 19.7 Å². The third-order valence-corrected chi connectivity index (χ3v) is 5.07. The van der Waals surface area contributed by atoms with Crippen LogP contribution in [-0.4, -0.2) is 44.8 Å². The quantitative estimate of drug-likeness (QED) is 0.558. The van der Waals surface area contributed by atoms with Crippen LogP contribution in [0.4, 0.5) is 0 Å². The van der Waals surface area contributed by atoms with E-state index in [2.05, 4.69) is 23.8 Å². The summed E-state index contributed by atoms with van der Waals surface area (Å²) in [4.78, 5) is 45.5. The van der Waals surface area contributed by atoms with Gasteiger partial charge in [0.2, 0.25) is 0 Å².